The highest BCUT2D eigenvalue weighted by Crippen LogP contribution is 2.24. The van der Waals surface area contributed by atoms with E-state index in [-0.39, 0.29) is 12.5 Å². The molecule has 2 aromatic carbocycles. The summed E-state index contributed by atoms with van der Waals surface area (Å²) in [6.45, 7) is 3.85. The van der Waals surface area contributed by atoms with E-state index in [0.29, 0.717) is 25.0 Å². The van der Waals surface area contributed by atoms with Gasteiger partial charge in [0, 0.05) is 31.9 Å². The second-order valence-electron chi connectivity index (χ2n) is 7.84. The van der Waals surface area contributed by atoms with Crippen molar-refractivity contribution in [1.29, 1.82) is 0 Å². The normalized spacial score (nSPS) is 12.2. The molecule has 0 radical (unpaired) electrons. The van der Waals surface area contributed by atoms with E-state index in [4.69, 9.17) is 14.2 Å². The zero-order valence-electron chi connectivity index (χ0n) is 19.5. The van der Waals surface area contributed by atoms with E-state index < -0.39 is 10.8 Å². The summed E-state index contributed by atoms with van der Waals surface area (Å²) >= 11 is 0. The maximum atomic E-state index is 13.5. The summed E-state index contributed by atoms with van der Waals surface area (Å²) in [6.07, 6.45) is 2.49. The SMILES string of the molecule is COCCCOc1ccnc(C[S@](=O)c2nc3ccccc3n2COCc2ccccc2)c1C. The molecule has 34 heavy (non-hydrogen) atoms. The van der Waals surface area contributed by atoms with Gasteiger partial charge < -0.3 is 14.2 Å². The molecule has 0 aliphatic heterocycles. The lowest BCUT2D eigenvalue weighted by molar-refractivity contribution is 0.0611. The number of hydrogen-bond acceptors (Lipinski definition) is 6. The fourth-order valence-corrected chi connectivity index (χ4v) is 4.88. The van der Waals surface area contributed by atoms with Crippen LogP contribution in [0.4, 0.5) is 0 Å². The molecule has 1 atom stereocenters. The predicted octanol–water partition coefficient (Wildman–Crippen LogP) is 4.64. The summed E-state index contributed by atoms with van der Waals surface area (Å²) in [5.41, 5.74) is 4.37. The van der Waals surface area contributed by atoms with Gasteiger partial charge in [0.25, 0.3) is 0 Å². The van der Waals surface area contributed by atoms with Gasteiger partial charge in [0.2, 0.25) is 5.16 Å². The first-order valence-electron chi connectivity index (χ1n) is 11.2. The standard InChI is InChI=1S/C26H29N3O4S/c1-20-23(27-14-13-25(20)33-16-8-15-31-2)18-34(30)26-28-22-11-6-7-12-24(22)29(26)19-32-17-21-9-4-3-5-10-21/h3-7,9-14H,8,15-19H2,1-2H3/t34-/m0/s1. The van der Waals surface area contributed by atoms with Gasteiger partial charge >= 0.3 is 0 Å². The lowest BCUT2D eigenvalue weighted by Gasteiger charge is -2.13. The number of rotatable bonds is 12. The second kappa shape index (κ2) is 11.9. The Morgan fingerprint density at radius 1 is 1.00 bits per heavy atom. The summed E-state index contributed by atoms with van der Waals surface area (Å²) in [5.74, 6) is 0.987. The number of imidazole rings is 1. The Balaban J connectivity index is 1.51. The Kier molecular flexibility index (Phi) is 8.41. The Morgan fingerprint density at radius 2 is 1.79 bits per heavy atom. The Labute approximate surface area is 202 Å². The van der Waals surface area contributed by atoms with Crippen LogP contribution in [0.2, 0.25) is 0 Å². The Bertz CT molecular complexity index is 1240. The molecule has 0 amide bonds. The van der Waals surface area contributed by atoms with Crippen molar-refractivity contribution in [2.75, 3.05) is 20.3 Å². The van der Waals surface area contributed by atoms with Crippen LogP contribution in [0.1, 0.15) is 23.2 Å². The van der Waals surface area contributed by atoms with E-state index in [1.165, 1.54) is 0 Å². The van der Waals surface area contributed by atoms with Crippen molar-refractivity contribution in [3.63, 3.8) is 0 Å². The second-order valence-corrected chi connectivity index (χ2v) is 9.18. The third-order valence-corrected chi connectivity index (χ3v) is 6.69. The quantitative estimate of drug-likeness (QED) is 0.276. The molecule has 178 valence electrons. The topological polar surface area (TPSA) is 75.5 Å². The van der Waals surface area contributed by atoms with Crippen LogP contribution in [0.25, 0.3) is 11.0 Å². The molecular weight excluding hydrogens is 450 g/mol. The van der Waals surface area contributed by atoms with Crippen molar-refractivity contribution < 1.29 is 18.4 Å². The van der Waals surface area contributed by atoms with Crippen molar-refractivity contribution in [3.8, 4) is 5.75 Å². The number of aromatic nitrogens is 3. The molecule has 0 N–H and O–H groups in total. The lowest BCUT2D eigenvalue weighted by Crippen LogP contribution is -2.11. The van der Waals surface area contributed by atoms with Crippen LogP contribution in [0, 0.1) is 6.92 Å². The molecule has 0 saturated carbocycles. The average molecular weight is 480 g/mol. The molecule has 0 unspecified atom stereocenters. The molecule has 2 heterocycles. The van der Waals surface area contributed by atoms with Gasteiger partial charge in [0.15, 0.2) is 0 Å². The van der Waals surface area contributed by atoms with Crippen molar-refractivity contribution >= 4 is 21.8 Å². The van der Waals surface area contributed by atoms with E-state index in [9.17, 15) is 4.21 Å². The van der Waals surface area contributed by atoms with Crippen LogP contribution in [0.15, 0.2) is 72.0 Å². The lowest BCUT2D eigenvalue weighted by atomic mass is 10.2. The minimum Gasteiger partial charge on any atom is -0.493 e. The van der Waals surface area contributed by atoms with Gasteiger partial charge in [-0.25, -0.2) is 4.98 Å². The van der Waals surface area contributed by atoms with E-state index in [0.717, 1.165) is 40.0 Å². The van der Waals surface area contributed by atoms with Crippen LogP contribution in [-0.4, -0.2) is 39.1 Å². The number of hydrogen-bond donors (Lipinski definition) is 0. The molecule has 2 aromatic heterocycles. The number of fused-ring (bicyclic) bond motifs is 1. The summed E-state index contributed by atoms with van der Waals surface area (Å²) in [6, 6.07) is 19.6. The molecule has 0 fully saturated rings. The van der Waals surface area contributed by atoms with Crippen LogP contribution in [0.5, 0.6) is 5.75 Å². The van der Waals surface area contributed by atoms with Crippen molar-refractivity contribution in [2.24, 2.45) is 0 Å². The fraction of sp³-hybridized carbons (Fsp3) is 0.308. The minimum absolute atomic E-state index is 0.239. The molecule has 8 heteroatoms. The zero-order valence-corrected chi connectivity index (χ0v) is 20.3. The van der Waals surface area contributed by atoms with Gasteiger partial charge in [0.05, 0.1) is 46.5 Å². The highest BCUT2D eigenvalue weighted by molar-refractivity contribution is 7.84. The van der Waals surface area contributed by atoms with E-state index >= 15 is 0 Å². The molecule has 4 rings (SSSR count). The van der Waals surface area contributed by atoms with Crippen LogP contribution in [0.3, 0.4) is 0 Å². The first-order chi connectivity index (χ1) is 16.7. The number of ether oxygens (including phenoxy) is 3. The molecule has 0 bridgehead atoms. The molecule has 7 nitrogen and oxygen atoms in total. The maximum Gasteiger partial charge on any atom is 0.202 e. The summed E-state index contributed by atoms with van der Waals surface area (Å²) in [4.78, 5) is 9.13. The fourth-order valence-electron chi connectivity index (χ4n) is 3.62. The van der Waals surface area contributed by atoms with Gasteiger partial charge in [-0.1, -0.05) is 42.5 Å². The van der Waals surface area contributed by atoms with Crippen LogP contribution in [-0.2, 0) is 39.4 Å². The molecule has 0 spiro atoms. The first-order valence-corrected chi connectivity index (χ1v) is 12.5. The average Bonchev–Trinajstić information content (AvgIpc) is 3.23. The number of para-hydroxylation sites is 2. The van der Waals surface area contributed by atoms with E-state index in [1.54, 1.807) is 13.3 Å². The molecule has 4 aromatic rings. The van der Waals surface area contributed by atoms with Crippen molar-refractivity contribution in [2.45, 2.75) is 37.6 Å². The number of benzene rings is 2. The van der Waals surface area contributed by atoms with Gasteiger partial charge in [-0.2, -0.15) is 0 Å². The third-order valence-electron chi connectivity index (χ3n) is 5.43. The minimum atomic E-state index is -1.42. The van der Waals surface area contributed by atoms with Gasteiger partial charge in [0.1, 0.15) is 12.5 Å². The van der Waals surface area contributed by atoms with Crippen LogP contribution < -0.4 is 4.74 Å². The summed E-state index contributed by atoms with van der Waals surface area (Å²) < 4.78 is 32.3. The first kappa shape index (κ1) is 24.1. The molecular formula is C26H29N3O4S. The van der Waals surface area contributed by atoms with Gasteiger partial charge in [-0.3, -0.25) is 13.8 Å². The third kappa shape index (κ3) is 5.88. The van der Waals surface area contributed by atoms with Gasteiger partial charge in [-0.05, 0) is 30.7 Å². The van der Waals surface area contributed by atoms with Crippen LogP contribution >= 0.6 is 0 Å². The van der Waals surface area contributed by atoms with Crippen molar-refractivity contribution in [3.05, 3.63) is 83.7 Å². The smallest absolute Gasteiger partial charge is 0.202 e. The van der Waals surface area contributed by atoms with E-state index in [2.05, 4.69) is 9.97 Å². The Hall–Kier alpha value is -3.07. The van der Waals surface area contributed by atoms with Gasteiger partial charge in [-0.15, -0.1) is 0 Å². The Morgan fingerprint density at radius 3 is 2.62 bits per heavy atom. The maximum absolute atomic E-state index is 13.5. The monoisotopic (exact) mass is 479 g/mol. The number of pyridine rings is 1. The molecule has 0 aliphatic carbocycles. The predicted molar refractivity (Wildman–Crippen MR) is 132 cm³/mol. The summed E-state index contributed by atoms with van der Waals surface area (Å²) in [7, 11) is 0.252. The summed E-state index contributed by atoms with van der Waals surface area (Å²) in [5, 5.41) is 0.474. The molecule has 0 aliphatic rings. The highest BCUT2D eigenvalue weighted by Gasteiger charge is 2.19. The zero-order chi connectivity index (χ0) is 23.8. The number of nitrogens with zero attached hydrogens (tertiary/aromatic N) is 3. The largest absolute Gasteiger partial charge is 0.493 e. The molecule has 0 saturated heterocycles. The van der Waals surface area contributed by atoms with E-state index in [1.807, 2.05) is 72.2 Å². The highest BCUT2D eigenvalue weighted by atomic mass is 32.2. The van der Waals surface area contributed by atoms with Crippen molar-refractivity contribution in [1.82, 2.24) is 14.5 Å². The number of methoxy groups -OCH3 is 1.